The summed E-state index contributed by atoms with van der Waals surface area (Å²) in [4.78, 5) is 14.0. The number of rotatable bonds is 4. The van der Waals surface area contributed by atoms with Gasteiger partial charge >= 0.3 is 6.03 Å². The van der Waals surface area contributed by atoms with Gasteiger partial charge in [-0.3, -0.25) is 0 Å². The van der Waals surface area contributed by atoms with Crippen molar-refractivity contribution in [1.82, 2.24) is 10.2 Å². The lowest BCUT2D eigenvalue weighted by Gasteiger charge is -2.25. The lowest BCUT2D eigenvalue weighted by atomic mass is 10.1. The topological polar surface area (TPSA) is 50.8 Å². The highest BCUT2D eigenvalue weighted by Gasteiger charge is 2.32. The number of nitrogens with one attached hydrogen (secondary N) is 1. The standard InChI is InChI=1S/C14H20N2O3S/c1-4-15-14(17)16-7-8-20-13(16)11-9-10(18-2)5-6-12(11)19-3/h5-6,9,13H,4,7-8H2,1-3H3,(H,15,17)/t13-/m0/s1. The quantitative estimate of drug-likeness (QED) is 0.927. The van der Waals surface area contributed by atoms with Crippen molar-refractivity contribution in [2.24, 2.45) is 0 Å². The van der Waals surface area contributed by atoms with Gasteiger partial charge in [0, 0.05) is 24.4 Å². The van der Waals surface area contributed by atoms with Gasteiger partial charge in [-0.2, -0.15) is 0 Å². The van der Waals surface area contributed by atoms with E-state index in [0.29, 0.717) is 6.54 Å². The predicted octanol–water partition coefficient (Wildman–Crippen LogP) is 2.48. The number of amides is 2. The monoisotopic (exact) mass is 296 g/mol. The second-order valence-electron chi connectivity index (χ2n) is 4.36. The van der Waals surface area contributed by atoms with Gasteiger partial charge in [0.2, 0.25) is 0 Å². The molecule has 2 amide bonds. The Morgan fingerprint density at radius 1 is 1.45 bits per heavy atom. The van der Waals surface area contributed by atoms with Gasteiger partial charge in [-0.15, -0.1) is 11.8 Å². The van der Waals surface area contributed by atoms with Crippen LogP contribution in [-0.4, -0.2) is 44.0 Å². The fraction of sp³-hybridized carbons (Fsp3) is 0.500. The molecule has 1 atom stereocenters. The summed E-state index contributed by atoms with van der Waals surface area (Å²) in [7, 11) is 3.27. The minimum absolute atomic E-state index is 0.0348. The summed E-state index contributed by atoms with van der Waals surface area (Å²) in [6, 6.07) is 5.64. The molecule has 1 aliphatic heterocycles. The Balaban J connectivity index is 2.31. The predicted molar refractivity (Wildman–Crippen MR) is 80.5 cm³/mol. The molecule has 0 unspecified atom stereocenters. The van der Waals surface area contributed by atoms with Crippen molar-refractivity contribution in [3.05, 3.63) is 23.8 Å². The van der Waals surface area contributed by atoms with Gasteiger partial charge in [-0.05, 0) is 25.1 Å². The van der Waals surface area contributed by atoms with E-state index >= 15 is 0 Å². The molecule has 1 fully saturated rings. The van der Waals surface area contributed by atoms with Crippen molar-refractivity contribution in [2.45, 2.75) is 12.3 Å². The molecule has 1 N–H and O–H groups in total. The maximum atomic E-state index is 12.1. The smallest absolute Gasteiger partial charge is 0.318 e. The highest BCUT2D eigenvalue weighted by molar-refractivity contribution is 7.99. The first-order chi connectivity index (χ1) is 9.71. The maximum absolute atomic E-state index is 12.1. The third-order valence-corrected chi connectivity index (χ3v) is 4.43. The van der Waals surface area contributed by atoms with Crippen molar-refractivity contribution < 1.29 is 14.3 Å². The summed E-state index contributed by atoms with van der Waals surface area (Å²) < 4.78 is 10.7. The molecule has 1 aromatic rings. The van der Waals surface area contributed by atoms with E-state index in [-0.39, 0.29) is 11.4 Å². The van der Waals surface area contributed by atoms with Crippen LogP contribution in [-0.2, 0) is 0 Å². The fourth-order valence-corrected chi connectivity index (χ4v) is 3.49. The van der Waals surface area contributed by atoms with Crippen LogP contribution in [0.1, 0.15) is 17.9 Å². The van der Waals surface area contributed by atoms with Crippen molar-refractivity contribution in [1.29, 1.82) is 0 Å². The number of carbonyl (C=O) groups is 1. The van der Waals surface area contributed by atoms with Crippen molar-refractivity contribution in [3.63, 3.8) is 0 Å². The van der Waals surface area contributed by atoms with Crippen LogP contribution in [0.5, 0.6) is 11.5 Å². The van der Waals surface area contributed by atoms with Crippen LogP contribution in [0.15, 0.2) is 18.2 Å². The Kier molecular flexibility index (Phi) is 5.00. The Hall–Kier alpha value is -1.56. The zero-order chi connectivity index (χ0) is 14.5. The van der Waals surface area contributed by atoms with E-state index in [1.807, 2.05) is 30.0 Å². The van der Waals surface area contributed by atoms with E-state index in [2.05, 4.69) is 5.32 Å². The van der Waals surface area contributed by atoms with Crippen LogP contribution in [0.3, 0.4) is 0 Å². The van der Waals surface area contributed by atoms with Crippen LogP contribution >= 0.6 is 11.8 Å². The van der Waals surface area contributed by atoms with Gasteiger partial charge in [0.05, 0.1) is 14.2 Å². The molecule has 0 radical (unpaired) electrons. The summed E-state index contributed by atoms with van der Waals surface area (Å²) in [5.41, 5.74) is 0.973. The zero-order valence-electron chi connectivity index (χ0n) is 12.0. The van der Waals surface area contributed by atoms with Crippen molar-refractivity contribution >= 4 is 17.8 Å². The van der Waals surface area contributed by atoms with E-state index in [1.165, 1.54) is 0 Å². The fourth-order valence-electron chi connectivity index (χ4n) is 2.22. The van der Waals surface area contributed by atoms with E-state index in [0.717, 1.165) is 29.4 Å². The van der Waals surface area contributed by atoms with Crippen LogP contribution < -0.4 is 14.8 Å². The lowest BCUT2D eigenvalue weighted by Crippen LogP contribution is -2.39. The average Bonchev–Trinajstić information content (AvgIpc) is 2.96. The molecular weight excluding hydrogens is 276 g/mol. The first-order valence-corrected chi connectivity index (χ1v) is 7.64. The number of carbonyl (C=O) groups excluding carboxylic acids is 1. The molecule has 0 spiro atoms. The van der Waals surface area contributed by atoms with Crippen LogP contribution in [0.2, 0.25) is 0 Å². The largest absolute Gasteiger partial charge is 0.497 e. The van der Waals surface area contributed by atoms with E-state index in [1.54, 1.807) is 26.0 Å². The first-order valence-electron chi connectivity index (χ1n) is 6.59. The number of methoxy groups -OCH3 is 2. The van der Waals surface area contributed by atoms with Gasteiger partial charge in [0.15, 0.2) is 0 Å². The molecule has 20 heavy (non-hydrogen) atoms. The number of hydrogen-bond acceptors (Lipinski definition) is 4. The van der Waals surface area contributed by atoms with E-state index in [4.69, 9.17) is 9.47 Å². The van der Waals surface area contributed by atoms with Gasteiger partial charge < -0.3 is 19.7 Å². The first kappa shape index (κ1) is 14.8. The maximum Gasteiger partial charge on any atom is 0.318 e. The molecule has 0 aromatic heterocycles. The highest BCUT2D eigenvalue weighted by Crippen LogP contribution is 2.43. The Labute approximate surface area is 123 Å². The number of benzene rings is 1. The summed E-state index contributed by atoms with van der Waals surface area (Å²) in [5.74, 6) is 2.46. The third-order valence-electron chi connectivity index (χ3n) is 3.18. The SMILES string of the molecule is CCNC(=O)N1CCS[C@H]1c1cc(OC)ccc1OC. The summed E-state index contributed by atoms with van der Waals surface area (Å²) in [6.45, 7) is 3.28. The molecular formula is C14H20N2O3S. The van der Waals surface area contributed by atoms with Gasteiger partial charge in [0.25, 0.3) is 0 Å². The normalized spacial score (nSPS) is 17.9. The second-order valence-corrected chi connectivity index (χ2v) is 5.55. The van der Waals surface area contributed by atoms with E-state index in [9.17, 15) is 4.79 Å². The number of urea groups is 1. The Bertz CT molecular complexity index is 481. The molecule has 0 aliphatic carbocycles. The number of thioether (sulfide) groups is 1. The zero-order valence-corrected chi connectivity index (χ0v) is 12.8. The third kappa shape index (κ3) is 2.95. The molecule has 0 saturated carbocycles. The number of ether oxygens (including phenoxy) is 2. The van der Waals surface area contributed by atoms with Crippen molar-refractivity contribution in [3.8, 4) is 11.5 Å². The van der Waals surface area contributed by atoms with Gasteiger partial charge in [-0.25, -0.2) is 4.79 Å². The molecule has 2 rings (SSSR count). The average molecular weight is 296 g/mol. The molecule has 110 valence electrons. The molecule has 1 heterocycles. The number of nitrogens with zero attached hydrogens (tertiary/aromatic N) is 1. The highest BCUT2D eigenvalue weighted by atomic mass is 32.2. The van der Waals surface area contributed by atoms with Gasteiger partial charge in [-0.1, -0.05) is 0 Å². The van der Waals surface area contributed by atoms with E-state index < -0.39 is 0 Å². The van der Waals surface area contributed by atoms with Crippen LogP contribution in [0.25, 0.3) is 0 Å². The summed E-state index contributed by atoms with van der Waals surface area (Å²) >= 11 is 1.74. The summed E-state index contributed by atoms with van der Waals surface area (Å²) in [6.07, 6.45) is 0. The lowest BCUT2D eigenvalue weighted by molar-refractivity contribution is 0.200. The second kappa shape index (κ2) is 6.74. The Morgan fingerprint density at radius 3 is 2.90 bits per heavy atom. The van der Waals surface area contributed by atoms with Crippen LogP contribution in [0, 0.1) is 0 Å². The minimum Gasteiger partial charge on any atom is -0.497 e. The Morgan fingerprint density at radius 2 is 2.25 bits per heavy atom. The van der Waals surface area contributed by atoms with Crippen molar-refractivity contribution in [2.75, 3.05) is 33.1 Å². The minimum atomic E-state index is -0.0356. The summed E-state index contributed by atoms with van der Waals surface area (Å²) in [5, 5.41) is 2.82. The van der Waals surface area contributed by atoms with Crippen LogP contribution in [0.4, 0.5) is 4.79 Å². The number of hydrogen-bond donors (Lipinski definition) is 1. The molecule has 5 nitrogen and oxygen atoms in total. The van der Waals surface area contributed by atoms with Gasteiger partial charge in [0.1, 0.15) is 16.9 Å². The molecule has 6 heteroatoms. The molecule has 0 bridgehead atoms. The molecule has 1 saturated heterocycles. The molecule has 1 aliphatic rings. The molecule has 1 aromatic carbocycles.